The molecule has 1 aliphatic heterocycles. The fraction of sp³-hybridized carbons (Fsp3) is 0.417. The lowest BCUT2D eigenvalue weighted by atomic mass is 9.80. The van der Waals surface area contributed by atoms with Crippen molar-refractivity contribution in [2.45, 2.75) is 71.6 Å². The molecule has 48 heavy (non-hydrogen) atoms. The number of carbonyl (C=O) groups excluding carboxylic acids is 3. The summed E-state index contributed by atoms with van der Waals surface area (Å²) >= 11 is 0. The number of pyridine rings is 1. The Morgan fingerprint density at radius 3 is 2.42 bits per heavy atom. The summed E-state index contributed by atoms with van der Waals surface area (Å²) in [6.07, 6.45) is 2.71. The van der Waals surface area contributed by atoms with Gasteiger partial charge in [-0.15, -0.1) is 0 Å². The molecule has 1 fully saturated rings. The van der Waals surface area contributed by atoms with Crippen LogP contribution in [-0.2, 0) is 16.0 Å². The summed E-state index contributed by atoms with van der Waals surface area (Å²) in [5.74, 6) is -1.09. The maximum Gasteiger partial charge on any atom is 0.435 e. The van der Waals surface area contributed by atoms with Crippen LogP contribution in [-0.4, -0.2) is 68.7 Å². The number of aromatic nitrogens is 3. The fourth-order valence-corrected chi connectivity index (χ4v) is 5.59. The van der Waals surface area contributed by atoms with Gasteiger partial charge in [0.25, 0.3) is 5.91 Å². The molecule has 0 saturated carbocycles. The first kappa shape index (κ1) is 34.3. The van der Waals surface area contributed by atoms with E-state index in [0.29, 0.717) is 36.5 Å². The van der Waals surface area contributed by atoms with Gasteiger partial charge in [-0.05, 0) is 95.8 Å². The highest BCUT2D eigenvalue weighted by Gasteiger charge is 2.35. The Morgan fingerprint density at radius 2 is 1.71 bits per heavy atom. The number of hydrogen-bond acceptors (Lipinski definition) is 8. The number of fused-ring (bicyclic) bond motifs is 1. The lowest BCUT2D eigenvalue weighted by Crippen LogP contribution is -2.46. The second-order valence-corrected chi connectivity index (χ2v) is 13.9. The lowest BCUT2D eigenvalue weighted by molar-refractivity contribution is 0.0111. The number of nitrogens with one attached hydrogen (secondary N) is 1. The van der Waals surface area contributed by atoms with E-state index in [1.165, 1.54) is 10.7 Å². The minimum absolute atomic E-state index is 0.0708. The molecule has 1 saturated heterocycles. The van der Waals surface area contributed by atoms with Crippen molar-refractivity contribution in [1.29, 1.82) is 0 Å². The van der Waals surface area contributed by atoms with Crippen molar-refractivity contribution < 1.29 is 33.0 Å². The van der Waals surface area contributed by atoms with Crippen molar-refractivity contribution in [1.82, 2.24) is 25.0 Å². The molecule has 0 radical (unpaired) electrons. The molecule has 1 N–H and O–H groups in total. The van der Waals surface area contributed by atoms with Gasteiger partial charge in [0.05, 0.1) is 36.1 Å². The van der Waals surface area contributed by atoms with Gasteiger partial charge >= 0.3 is 12.2 Å². The summed E-state index contributed by atoms with van der Waals surface area (Å²) < 4.78 is 33.6. The molecule has 254 valence electrons. The van der Waals surface area contributed by atoms with Gasteiger partial charge in [0.15, 0.2) is 0 Å². The number of amides is 2. The van der Waals surface area contributed by atoms with Crippen LogP contribution in [0.4, 0.5) is 14.0 Å². The zero-order valence-corrected chi connectivity index (χ0v) is 28.2. The summed E-state index contributed by atoms with van der Waals surface area (Å²) in [7, 11) is 0. The maximum absolute atomic E-state index is 15.0. The van der Waals surface area contributed by atoms with Crippen molar-refractivity contribution in [3.63, 3.8) is 0 Å². The second kappa shape index (κ2) is 14.0. The first-order valence-corrected chi connectivity index (χ1v) is 16.0. The third kappa shape index (κ3) is 8.67. The third-order valence-corrected chi connectivity index (χ3v) is 7.78. The van der Waals surface area contributed by atoms with Gasteiger partial charge in [-0.3, -0.25) is 9.78 Å². The third-order valence-electron chi connectivity index (χ3n) is 7.78. The summed E-state index contributed by atoms with van der Waals surface area (Å²) in [4.78, 5) is 44.8. The summed E-state index contributed by atoms with van der Waals surface area (Å²) in [6.45, 7) is 11.9. The SMILES string of the molecule is CC(C)(C)OC(=O)N1CC[C@@H](c2ccc(F)c(C(=O)NCc3ccccn3)c2)[C@H](COc2ccc3cnn(C(=O)OC(C)(C)C)c3c2)C1. The number of rotatable bonds is 7. The van der Waals surface area contributed by atoms with Crippen LogP contribution < -0.4 is 10.1 Å². The van der Waals surface area contributed by atoms with Crippen LogP contribution in [0.25, 0.3) is 10.9 Å². The summed E-state index contributed by atoms with van der Waals surface area (Å²) in [6, 6.07) is 15.2. The van der Waals surface area contributed by atoms with Crippen LogP contribution in [0.15, 0.2) is 67.0 Å². The molecule has 2 aromatic heterocycles. The van der Waals surface area contributed by atoms with E-state index in [9.17, 15) is 18.8 Å². The summed E-state index contributed by atoms with van der Waals surface area (Å²) in [5.41, 5.74) is 0.507. The van der Waals surface area contributed by atoms with Gasteiger partial charge in [0.1, 0.15) is 22.8 Å². The predicted octanol–water partition coefficient (Wildman–Crippen LogP) is 6.70. The Balaban J connectivity index is 1.38. The van der Waals surface area contributed by atoms with E-state index in [4.69, 9.17) is 14.2 Å². The standard InChI is InChI=1S/C36H42FN5O6/c1-35(2,3)47-33(44)41-16-14-28(23-11-13-30(37)29(17-23)32(43)39-20-26-9-7-8-15-38-26)25(21-41)22-46-27-12-10-24-19-40-42(31(24)18-27)34(45)48-36(4,5)6/h7-13,15,17-19,25,28H,14,16,20-22H2,1-6H3,(H,39,43)/t25-,28-/m0/s1. The van der Waals surface area contributed by atoms with Gasteiger partial charge < -0.3 is 24.4 Å². The van der Waals surface area contributed by atoms with E-state index >= 15 is 0 Å². The molecule has 0 spiro atoms. The van der Waals surface area contributed by atoms with Crippen LogP contribution in [0.1, 0.15) is 75.5 Å². The maximum atomic E-state index is 15.0. The average Bonchev–Trinajstić information content (AvgIpc) is 3.45. The molecule has 1 aliphatic rings. The van der Waals surface area contributed by atoms with Gasteiger partial charge in [0.2, 0.25) is 0 Å². The van der Waals surface area contributed by atoms with Crippen LogP contribution in [0.5, 0.6) is 5.75 Å². The smallest absolute Gasteiger partial charge is 0.435 e. The Morgan fingerprint density at radius 1 is 0.958 bits per heavy atom. The van der Waals surface area contributed by atoms with Gasteiger partial charge in [0, 0.05) is 36.7 Å². The Kier molecular flexibility index (Phi) is 10.0. The molecule has 2 amide bonds. The quantitative estimate of drug-likeness (QED) is 0.232. The molecular formula is C36H42FN5O6. The molecule has 11 nitrogen and oxygen atoms in total. The monoisotopic (exact) mass is 659 g/mol. The van der Waals surface area contributed by atoms with Crippen LogP contribution in [0.2, 0.25) is 0 Å². The van der Waals surface area contributed by atoms with E-state index in [1.807, 2.05) is 26.8 Å². The molecule has 0 unspecified atom stereocenters. The number of ether oxygens (including phenoxy) is 3. The first-order chi connectivity index (χ1) is 22.7. The van der Waals surface area contributed by atoms with E-state index in [0.717, 1.165) is 10.9 Å². The van der Waals surface area contributed by atoms with Gasteiger partial charge in [-0.25, -0.2) is 14.0 Å². The number of carbonyl (C=O) groups is 3. The van der Waals surface area contributed by atoms with Crippen LogP contribution in [0.3, 0.4) is 0 Å². The zero-order chi connectivity index (χ0) is 34.6. The molecular weight excluding hydrogens is 617 g/mol. The van der Waals surface area contributed by atoms with Crippen LogP contribution in [0, 0.1) is 11.7 Å². The highest BCUT2D eigenvalue weighted by atomic mass is 19.1. The number of piperidine rings is 1. The van der Waals surface area contributed by atoms with Crippen LogP contribution >= 0.6 is 0 Å². The van der Waals surface area contributed by atoms with E-state index in [1.54, 1.807) is 80.5 Å². The zero-order valence-electron chi connectivity index (χ0n) is 28.2. The number of benzene rings is 2. The topological polar surface area (TPSA) is 125 Å². The molecule has 2 atom stereocenters. The van der Waals surface area contributed by atoms with Crippen molar-refractivity contribution in [3.8, 4) is 5.75 Å². The minimum Gasteiger partial charge on any atom is -0.493 e. The Labute approximate surface area is 279 Å². The largest absolute Gasteiger partial charge is 0.493 e. The van der Waals surface area contributed by atoms with Crippen molar-refractivity contribution in [3.05, 3.63) is 89.6 Å². The molecule has 2 aromatic carbocycles. The van der Waals surface area contributed by atoms with E-state index < -0.39 is 35.1 Å². The van der Waals surface area contributed by atoms with Crippen molar-refractivity contribution >= 4 is 29.0 Å². The molecule has 0 bridgehead atoms. The van der Waals surface area contributed by atoms with Gasteiger partial charge in [-0.2, -0.15) is 9.78 Å². The lowest BCUT2D eigenvalue weighted by Gasteiger charge is -2.39. The number of halogens is 1. The van der Waals surface area contributed by atoms with E-state index in [-0.39, 0.29) is 30.6 Å². The van der Waals surface area contributed by atoms with Gasteiger partial charge in [-0.1, -0.05) is 12.1 Å². The average molecular weight is 660 g/mol. The second-order valence-electron chi connectivity index (χ2n) is 13.9. The fourth-order valence-electron chi connectivity index (χ4n) is 5.59. The Bertz CT molecular complexity index is 1780. The Hall–Kier alpha value is -5.00. The molecule has 5 rings (SSSR count). The number of likely N-dealkylation sites (tertiary alicyclic amines) is 1. The highest BCUT2D eigenvalue weighted by Crippen LogP contribution is 2.35. The molecule has 12 heteroatoms. The van der Waals surface area contributed by atoms with Crippen molar-refractivity contribution in [2.24, 2.45) is 5.92 Å². The van der Waals surface area contributed by atoms with E-state index in [2.05, 4.69) is 15.4 Å². The number of hydrogen-bond donors (Lipinski definition) is 1. The molecule has 0 aliphatic carbocycles. The van der Waals surface area contributed by atoms with Crippen molar-refractivity contribution in [2.75, 3.05) is 19.7 Å². The minimum atomic E-state index is -0.695. The molecule has 3 heterocycles. The number of nitrogens with zero attached hydrogens (tertiary/aromatic N) is 4. The first-order valence-electron chi connectivity index (χ1n) is 16.0. The predicted molar refractivity (Wildman–Crippen MR) is 177 cm³/mol. The highest BCUT2D eigenvalue weighted by molar-refractivity contribution is 5.94. The summed E-state index contributed by atoms with van der Waals surface area (Å²) in [5, 5.41) is 7.69. The molecule has 4 aromatic rings. The normalized spacial score (nSPS) is 16.8.